The summed E-state index contributed by atoms with van der Waals surface area (Å²) in [6.45, 7) is 4.58. The van der Waals surface area contributed by atoms with Crippen LogP contribution in [-0.4, -0.2) is 10.9 Å². The Kier molecular flexibility index (Phi) is 4.12. The second-order valence-corrected chi connectivity index (χ2v) is 7.49. The summed E-state index contributed by atoms with van der Waals surface area (Å²) in [5.74, 6) is 1.08. The summed E-state index contributed by atoms with van der Waals surface area (Å²) in [7, 11) is 0. The van der Waals surface area contributed by atoms with Crippen molar-refractivity contribution in [2.45, 2.75) is 69.7 Å². The van der Waals surface area contributed by atoms with E-state index in [2.05, 4.69) is 48.0 Å². The number of rotatable bonds is 4. The molecule has 2 atom stereocenters. The number of ether oxygens (including phenoxy) is 1. The van der Waals surface area contributed by atoms with Gasteiger partial charge in [0.25, 0.3) is 0 Å². The SMILES string of the molecule is CCC1(CC)C(Br)CC1Oc1ccc2c(c1)CCCC2. The summed E-state index contributed by atoms with van der Waals surface area (Å²) in [6, 6.07) is 6.77. The first-order chi connectivity index (χ1) is 9.69. The van der Waals surface area contributed by atoms with Gasteiger partial charge in [0.2, 0.25) is 0 Å². The first-order valence-electron chi connectivity index (χ1n) is 8.12. The molecule has 0 radical (unpaired) electrons. The molecule has 0 aliphatic heterocycles. The van der Waals surface area contributed by atoms with Crippen LogP contribution in [0.3, 0.4) is 0 Å². The molecule has 0 saturated heterocycles. The molecular weight excluding hydrogens is 312 g/mol. The van der Waals surface area contributed by atoms with Gasteiger partial charge in [-0.25, -0.2) is 0 Å². The van der Waals surface area contributed by atoms with Crippen LogP contribution in [0, 0.1) is 5.41 Å². The standard InChI is InChI=1S/C18H25BrO/c1-3-18(4-2)16(19)12-17(18)20-15-10-9-13-7-5-6-8-14(13)11-15/h9-11,16-17H,3-8,12H2,1-2H3. The van der Waals surface area contributed by atoms with Gasteiger partial charge in [-0.2, -0.15) is 0 Å². The van der Waals surface area contributed by atoms with Crippen molar-refractivity contribution in [2.75, 3.05) is 0 Å². The lowest BCUT2D eigenvalue weighted by molar-refractivity contribution is -0.0411. The highest BCUT2D eigenvalue weighted by molar-refractivity contribution is 9.09. The quantitative estimate of drug-likeness (QED) is 0.679. The molecule has 0 N–H and O–H groups in total. The molecule has 2 aliphatic rings. The molecule has 2 aliphatic carbocycles. The number of hydrogen-bond donors (Lipinski definition) is 0. The highest BCUT2D eigenvalue weighted by Gasteiger charge is 2.53. The maximum Gasteiger partial charge on any atom is 0.120 e. The fourth-order valence-electron chi connectivity index (χ4n) is 3.96. The van der Waals surface area contributed by atoms with Crippen molar-refractivity contribution in [3.8, 4) is 5.75 Å². The smallest absolute Gasteiger partial charge is 0.120 e. The fraction of sp³-hybridized carbons (Fsp3) is 0.667. The largest absolute Gasteiger partial charge is 0.490 e. The van der Waals surface area contributed by atoms with Crippen LogP contribution in [0.15, 0.2) is 18.2 Å². The van der Waals surface area contributed by atoms with E-state index < -0.39 is 0 Å². The zero-order chi connectivity index (χ0) is 14.2. The minimum Gasteiger partial charge on any atom is -0.490 e. The van der Waals surface area contributed by atoms with E-state index in [4.69, 9.17) is 4.74 Å². The van der Waals surface area contributed by atoms with Gasteiger partial charge in [-0.05, 0) is 68.2 Å². The molecule has 0 spiro atoms. The molecule has 3 rings (SSSR count). The molecule has 1 aromatic rings. The first kappa shape index (κ1) is 14.4. The minimum absolute atomic E-state index is 0.329. The van der Waals surface area contributed by atoms with Crippen LogP contribution >= 0.6 is 15.9 Å². The van der Waals surface area contributed by atoms with Crippen molar-refractivity contribution >= 4 is 15.9 Å². The second-order valence-electron chi connectivity index (χ2n) is 6.39. The molecule has 1 fully saturated rings. The minimum atomic E-state index is 0.329. The van der Waals surface area contributed by atoms with Crippen LogP contribution < -0.4 is 4.74 Å². The Balaban J connectivity index is 1.75. The lowest BCUT2D eigenvalue weighted by atomic mass is 9.62. The van der Waals surface area contributed by atoms with Crippen LogP contribution in [0.25, 0.3) is 0 Å². The van der Waals surface area contributed by atoms with Crippen LogP contribution in [0.1, 0.15) is 57.1 Å². The molecule has 2 unspecified atom stereocenters. The average Bonchev–Trinajstić information content (AvgIpc) is 2.48. The number of benzene rings is 1. The average molecular weight is 337 g/mol. The topological polar surface area (TPSA) is 9.23 Å². The van der Waals surface area contributed by atoms with Gasteiger partial charge in [0.05, 0.1) is 0 Å². The van der Waals surface area contributed by atoms with Crippen LogP contribution in [-0.2, 0) is 12.8 Å². The van der Waals surface area contributed by atoms with Gasteiger partial charge >= 0.3 is 0 Å². The summed E-state index contributed by atoms with van der Waals surface area (Å²) in [6.07, 6.45) is 9.04. The number of hydrogen-bond acceptors (Lipinski definition) is 1. The van der Waals surface area contributed by atoms with Crippen molar-refractivity contribution in [3.05, 3.63) is 29.3 Å². The summed E-state index contributed by atoms with van der Waals surface area (Å²) in [5, 5.41) is 0. The van der Waals surface area contributed by atoms with Gasteiger partial charge in [-0.3, -0.25) is 0 Å². The zero-order valence-corrected chi connectivity index (χ0v) is 14.2. The summed E-state index contributed by atoms with van der Waals surface area (Å²) >= 11 is 3.84. The molecule has 0 heterocycles. The van der Waals surface area contributed by atoms with E-state index in [0.717, 1.165) is 12.2 Å². The van der Waals surface area contributed by atoms with E-state index in [0.29, 0.717) is 16.3 Å². The Morgan fingerprint density at radius 3 is 2.50 bits per heavy atom. The van der Waals surface area contributed by atoms with E-state index in [9.17, 15) is 0 Å². The van der Waals surface area contributed by atoms with Gasteiger partial charge in [0.1, 0.15) is 11.9 Å². The third kappa shape index (κ3) is 2.30. The van der Waals surface area contributed by atoms with Gasteiger partial charge in [0, 0.05) is 10.2 Å². The predicted octanol–water partition coefficient (Wildman–Crippen LogP) is 5.29. The van der Waals surface area contributed by atoms with E-state index in [1.807, 2.05) is 0 Å². The first-order valence-corrected chi connectivity index (χ1v) is 9.03. The lowest BCUT2D eigenvalue weighted by Gasteiger charge is -2.52. The molecule has 1 nitrogen and oxygen atoms in total. The Bertz CT molecular complexity index is 478. The summed E-state index contributed by atoms with van der Waals surface area (Å²) < 4.78 is 6.35. The molecule has 110 valence electrons. The fourth-order valence-corrected chi connectivity index (χ4v) is 5.24. The lowest BCUT2D eigenvalue weighted by Crippen LogP contribution is -2.56. The maximum atomic E-state index is 6.35. The molecule has 1 aromatic carbocycles. The number of halogens is 1. The number of aryl methyl sites for hydroxylation is 2. The van der Waals surface area contributed by atoms with Crippen molar-refractivity contribution in [2.24, 2.45) is 5.41 Å². The van der Waals surface area contributed by atoms with Gasteiger partial charge in [-0.15, -0.1) is 0 Å². The van der Waals surface area contributed by atoms with Gasteiger partial charge < -0.3 is 4.74 Å². The van der Waals surface area contributed by atoms with Crippen molar-refractivity contribution in [1.29, 1.82) is 0 Å². The Hall–Kier alpha value is -0.500. The van der Waals surface area contributed by atoms with Crippen molar-refractivity contribution in [3.63, 3.8) is 0 Å². The van der Waals surface area contributed by atoms with E-state index in [-0.39, 0.29) is 0 Å². The third-order valence-corrected chi connectivity index (χ3v) is 6.89. The van der Waals surface area contributed by atoms with Crippen LogP contribution in [0.4, 0.5) is 0 Å². The van der Waals surface area contributed by atoms with Crippen molar-refractivity contribution < 1.29 is 4.74 Å². The molecule has 0 bridgehead atoms. The normalized spacial score (nSPS) is 27.6. The van der Waals surface area contributed by atoms with Crippen molar-refractivity contribution in [1.82, 2.24) is 0 Å². The molecule has 0 aromatic heterocycles. The Labute approximate surface area is 131 Å². The monoisotopic (exact) mass is 336 g/mol. The highest BCUT2D eigenvalue weighted by Crippen LogP contribution is 2.52. The molecule has 1 saturated carbocycles. The van der Waals surface area contributed by atoms with Crippen LogP contribution in [0.5, 0.6) is 5.75 Å². The van der Waals surface area contributed by atoms with Crippen LogP contribution in [0.2, 0.25) is 0 Å². The number of alkyl halides is 1. The molecule has 20 heavy (non-hydrogen) atoms. The van der Waals surface area contributed by atoms with E-state index in [1.165, 1.54) is 49.7 Å². The molecule has 2 heteroatoms. The third-order valence-electron chi connectivity index (χ3n) is 5.60. The summed E-state index contributed by atoms with van der Waals surface area (Å²) in [5.41, 5.74) is 3.38. The molecule has 0 amide bonds. The Morgan fingerprint density at radius 2 is 1.85 bits per heavy atom. The van der Waals surface area contributed by atoms with Gasteiger partial charge in [-0.1, -0.05) is 35.8 Å². The van der Waals surface area contributed by atoms with Gasteiger partial charge in [0.15, 0.2) is 0 Å². The number of fused-ring (bicyclic) bond motifs is 1. The predicted molar refractivity (Wildman–Crippen MR) is 87.8 cm³/mol. The maximum absolute atomic E-state index is 6.35. The zero-order valence-electron chi connectivity index (χ0n) is 12.6. The Morgan fingerprint density at radius 1 is 1.15 bits per heavy atom. The van der Waals surface area contributed by atoms with E-state index >= 15 is 0 Å². The highest BCUT2D eigenvalue weighted by atomic mass is 79.9. The second kappa shape index (κ2) is 5.71. The van der Waals surface area contributed by atoms with E-state index in [1.54, 1.807) is 0 Å². The summed E-state index contributed by atoms with van der Waals surface area (Å²) in [4.78, 5) is 0.618. The molecular formula is C18H25BrO.